The molecular weight excluding hydrogens is 373 g/mol. The fourth-order valence-corrected chi connectivity index (χ4v) is 4.54. The van der Waals surface area contributed by atoms with Gasteiger partial charge < -0.3 is 0 Å². The average molecular weight is 408 g/mol. The molecule has 30 heavy (non-hydrogen) atoms. The van der Waals surface area contributed by atoms with Crippen LogP contribution in [0.2, 0.25) is 0 Å². The zero-order valence-electron chi connectivity index (χ0n) is 19.5. The van der Waals surface area contributed by atoms with E-state index in [1.165, 1.54) is 16.5 Å². The number of aryl methyl sites for hydroxylation is 2. The molecule has 0 fully saturated rings. The number of Topliss-reactive ketones (excluding diaryl/α,β-unsaturated/α-hetero) is 1. The molecule has 2 aromatic rings. The van der Waals surface area contributed by atoms with E-state index < -0.39 is 0 Å². The van der Waals surface area contributed by atoms with Crippen molar-refractivity contribution in [1.29, 1.82) is 0 Å². The number of nitrogens with zero attached hydrogens (tertiary/aromatic N) is 1. The van der Waals surface area contributed by atoms with E-state index in [0.29, 0.717) is 5.92 Å². The van der Waals surface area contributed by atoms with Crippen LogP contribution in [0, 0.1) is 18.7 Å². The summed E-state index contributed by atoms with van der Waals surface area (Å²) in [7, 11) is 0. The molecule has 0 bridgehead atoms. The lowest BCUT2D eigenvalue weighted by Gasteiger charge is -2.26. The molecule has 0 spiro atoms. The molecule has 0 radical (unpaired) electrons. The van der Waals surface area contributed by atoms with Crippen molar-refractivity contribution in [3.8, 4) is 0 Å². The first kappa shape index (κ1) is 22.4. The highest BCUT2D eigenvalue weighted by Crippen LogP contribution is 2.38. The lowest BCUT2D eigenvalue weighted by Crippen LogP contribution is -2.14. The van der Waals surface area contributed by atoms with Gasteiger partial charge in [0.2, 0.25) is 0 Å². The molecule has 1 aromatic carbocycles. The minimum absolute atomic E-state index is 0.0835. The summed E-state index contributed by atoms with van der Waals surface area (Å²) in [5.74, 6) is 0.471. The maximum Gasteiger partial charge on any atom is 0.155 e. The van der Waals surface area contributed by atoms with Crippen LogP contribution in [0.5, 0.6) is 0 Å². The molecule has 3 heteroatoms. The van der Waals surface area contributed by atoms with Gasteiger partial charge in [-0.1, -0.05) is 26.3 Å². The van der Waals surface area contributed by atoms with Gasteiger partial charge in [0.25, 0.3) is 0 Å². The second kappa shape index (κ2) is 8.83. The number of hydrogen-bond donors (Lipinski definition) is 0. The Hall–Kier alpha value is -2.29. The summed E-state index contributed by atoms with van der Waals surface area (Å²) in [6, 6.07) is 1.61. The van der Waals surface area contributed by atoms with E-state index in [0.717, 1.165) is 71.2 Å². The standard InChI is InChI=1S/C27H34FNO/c1-8-15(2)12-23-22-11-9-10-21-19(6)24(28)14-25(26(21)22)29-27(23)17(4)13-16(3)18(5)20(7)30/h13-15H,8-12H2,1-7H3/b17-13+,18-16-. The van der Waals surface area contributed by atoms with Crippen molar-refractivity contribution >= 4 is 22.3 Å². The molecule has 1 aliphatic carbocycles. The number of rotatable bonds is 6. The third-order valence-electron chi connectivity index (χ3n) is 6.85. The Morgan fingerprint density at radius 3 is 2.50 bits per heavy atom. The fourth-order valence-electron chi connectivity index (χ4n) is 4.54. The number of allylic oxidation sites excluding steroid dienone is 4. The third-order valence-corrected chi connectivity index (χ3v) is 6.85. The zero-order valence-corrected chi connectivity index (χ0v) is 19.5. The predicted molar refractivity (Wildman–Crippen MR) is 124 cm³/mol. The van der Waals surface area contributed by atoms with Gasteiger partial charge in [0.05, 0.1) is 11.2 Å². The SMILES string of the molecule is CCC(C)Cc1c(/C(C)=C/C(C)=C(/C)C(C)=O)nc2cc(F)c(C)c3c2c1CCC3. The van der Waals surface area contributed by atoms with Crippen LogP contribution in [-0.4, -0.2) is 10.8 Å². The van der Waals surface area contributed by atoms with Gasteiger partial charge in [-0.3, -0.25) is 4.79 Å². The molecule has 1 aliphatic rings. The van der Waals surface area contributed by atoms with Gasteiger partial charge in [-0.15, -0.1) is 0 Å². The highest BCUT2D eigenvalue weighted by atomic mass is 19.1. The number of carbonyl (C=O) groups excluding carboxylic acids is 1. The Labute approximate surface area is 180 Å². The Balaban J connectivity index is 2.33. The van der Waals surface area contributed by atoms with E-state index in [1.807, 2.05) is 20.8 Å². The average Bonchev–Trinajstić information content (AvgIpc) is 2.72. The number of benzene rings is 1. The van der Waals surface area contributed by atoms with E-state index in [-0.39, 0.29) is 11.6 Å². The van der Waals surface area contributed by atoms with Crippen molar-refractivity contribution in [2.75, 3.05) is 0 Å². The molecule has 0 aliphatic heterocycles. The topological polar surface area (TPSA) is 30.0 Å². The van der Waals surface area contributed by atoms with E-state index in [4.69, 9.17) is 4.98 Å². The van der Waals surface area contributed by atoms with Gasteiger partial charge in [-0.05, 0) is 105 Å². The van der Waals surface area contributed by atoms with Crippen LogP contribution < -0.4 is 0 Å². The second-order valence-corrected chi connectivity index (χ2v) is 9.04. The van der Waals surface area contributed by atoms with Crippen LogP contribution in [0.3, 0.4) is 0 Å². The first-order valence-electron chi connectivity index (χ1n) is 11.2. The quantitative estimate of drug-likeness (QED) is 0.378. The monoisotopic (exact) mass is 407 g/mol. The van der Waals surface area contributed by atoms with E-state index in [9.17, 15) is 9.18 Å². The summed E-state index contributed by atoms with van der Waals surface area (Å²) in [6.07, 6.45) is 7.13. The fraction of sp³-hybridized carbons (Fsp3) is 0.481. The van der Waals surface area contributed by atoms with Crippen molar-refractivity contribution in [3.63, 3.8) is 0 Å². The van der Waals surface area contributed by atoms with Crippen LogP contribution in [0.25, 0.3) is 16.5 Å². The summed E-state index contributed by atoms with van der Waals surface area (Å²) in [5, 5.41) is 1.18. The number of carbonyl (C=O) groups is 1. The third kappa shape index (κ3) is 4.12. The Morgan fingerprint density at radius 2 is 1.87 bits per heavy atom. The minimum atomic E-state index is -0.163. The van der Waals surface area contributed by atoms with E-state index >= 15 is 0 Å². The normalized spacial score (nSPS) is 15.9. The smallest absolute Gasteiger partial charge is 0.155 e. The first-order chi connectivity index (χ1) is 14.1. The maximum absolute atomic E-state index is 14.7. The largest absolute Gasteiger partial charge is 0.295 e. The molecular formula is C27H34FNO. The first-order valence-corrected chi connectivity index (χ1v) is 11.2. The van der Waals surface area contributed by atoms with Crippen molar-refractivity contribution in [1.82, 2.24) is 4.98 Å². The van der Waals surface area contributed by atoms with Crippen molar-refractivity contribution in [2.45, 2.75) is 80.6 Å². The molecule has 1 atom stereocenters. The van der Waals surface area contributed by atoms with Crippen LogP contribution in [0.4, 0.5) is 4.39 Å². The number of ketones is 1. The lowest BCUT2D eigenvalue weighted by molar-refractivity contribution is -0.113. The van der Waals surface area contributed by atoms with Gasteiger partial charge in [0, 0.05) is 11.5 Å². The summed E-state index contributed by atoms with van der Waals surface area (Å²) in [4.78, 5) is 16.8. The van der Waals surface area contributed by atoms with Gasteiger partial charge in [-0.2, -0.15) is 0 Å². The molecule has 160 valence electrons. The summed E-state index contributed by atoms with van der Waals surface area (Å²) in [5.41, 5.74) is 9.08. The number of aromatic nitrogens is 1. The number of hydrogen-bond acceptors (Lipinski definition) is 2. The van der Waals surface area contributed by atoms with E-state index in [1.54, 1.807) is 13.0 Å². The van der Waals surface area contributed by atoms with Gasteiger partial charge in [-0.25, -0.2) is 9.37 Å². The lowest BCUT2D eigenvalue weighted by atomic mass is 9.81. The van der Waals surface area contributed by atoms with Crippen molar-refractivity contribution in [3.05, 3.63) is 57.1 Å². The van der Waals surface area contributed by atoms with Crippen molar-refractivity contribution < 1.29 is 9.18 Å². The Morgan fingerprint density at radius 1 is 1.20 bits per heavy atom. The van der Waals surface area contributed by atoms with Crippen LogP contribution in [-0.2, 0) is 24.1 Å². The van der Waals surface area contributed by atoms with Gasteiger partial charge in [0.1, 0.15) is 5.82 Å². The Bertz CT molecular complexity index is 1070. The minimum Gasteiger partial charge on any atom is -0.295 e. The molecule has 1 unspecified atom stereocenters. The number of pyridine rings is 1. The summed E-state index contributed by atoms with van der Waals surface area (Å²) in [6.45, 7) is 13.9. The predicted octanol–water partition coefficient (Wildman–Crippen LogP) is 7.09. The molecule has 0 amide bonds. The van der Waals surface area contributed by atoms with Crippen LogP contribution in [0.15, 0.2) is 23.3 Å². The van der Waals surface area contributed by atoms with Crippen LogP contribution in [0.1, 0.15) is 82.3 Å². The molecule has 0 saturated heterocycles. The maximum atomic E-state index is 14.7. The van der Waals surface area contributed by atoms with Crippen LogP contribution >= 0.6 is 0 Å². The molecule has 1 aromatic heterocycles. The molecule has 0 N–H and O–H groups in total. The summed E-state index contributed by atoms with van der Waals surface area (Å²) < 4.78 is 14.7. The van der Waals surface area contributed by atoms with Gasteiger partial charge >= 0.3 is 0 Å². The molecule has 2 nitrogen and oxygen atoms in total. The van der Waals surface area contributed by atoms with Crippen molar-refractivity contribution in [2.24, 2.45) is 5.92 Å². The highest BCUT2D eigenvalue weighted by Gasteiger charge is 2.24. The zero-order chi connectivity index (χ0) is 22.2. The molecule has 3 rings (SSSR count). The number of halogens is 1. The van der Waals surface area contributed by atoms with Gasteiger partial charge in [0.15, 0.2) is 5.78 Å². The van der Waals surface area contributed by atoms with E-state index in [2.05, 4.69) is 26.8 Å². The molecule has 1 heterocycles. The Kier molecular flexibility index (Phi) is 6.59. The highest BCUT2D eigenvalue weighted by molar-refractivity contribution is 5.94. The summed E-state index contributed by atoms with van der Waals surface area (Å²) >= 11 is 0. The molecule has 0 saturated carbocycles. The second-order valence-electron chi connectivity index (χ2n) is 9.04.